The monoisotopic (exact) mass is 367 g/mol. The maximum absolute atomic E-state index is 11.9. The van der Waals surface area contributed by atoms with E-state index in [1.807, 2.05) is 6.92 Å². The summed E-state index contributed by atoms with van der Waals surface area (Å²) < 4.78 is 1.16. The number of hydrogen-bond donors (Lipinski definition) is 0. The molecule has 0 unspecified atom stereocenters. The molecule has 4 nitrogen and oxygen atoms in total. The van der Waals surface area contributed by atoms with E-state index >= 15 is 0 Å². The SMILES string of the molecule is Cc1cc(=O)cc2sc3cc(N4CCN(C(C)C)CC4)cc(C)c3nc1-2. The van der Waals surface area contributed by atoms with Crippen molar-refractivity contribution < 1.29 is 0 Å². The Hall–Kier alpha value is -1.98. The van der Waals surface area contributed by atoms with E-state index in [0.717, 1.165) is 52.5 Å². The van der Waals surface area contributed by atoms with Crippen LogP contribution in [0.25, 0.3) is 20.8 Å². The van der Waals surface area contributed by atoms with E-state index in [9.17, 15) is 4.79 Å². The Bertz CT molecular complexity index is 987. The fourth-order valence-electron chi connectivity index (χ4n) is 3.80. The largest absolute Gasteiger partial charge is 0.369 e. The quantitative estimate of drug-likeness (QED) is 0.644. The molecule has 0 N–H and O–H groups in total. The third-order valence-corrected chi connectivity index (χ3v) is 6.40. The molecule has 4 rings (SSSR count). The predicted molar refractivity (Wildman–Crippen MR) is 111 cm³/mol. The van der Waals surface area contributed by atoms with E-state index in [1.165, 1.54) is 11.3 Å². The molecule has 0 atom stereocenters. The normalized spacial score (nSPS) is 16.1. The Kier molecular flexibility index (Phi) is 4.45. The number of anilines is 1. The van der Waals surface area contributed by atoms with Crippen molar-refractivity contribution in [3.8, 4) is 10.6 Å². The standard InChI is InChI=1S/C21H25N3OS/c1-13(2)23-5-7-24(8-6-23)16-9-14(3)20-18(11-16)26-19-12-17(25)10-15(4)21(19)22-20/h9-13H,5-8H2,1-4H3. The molecule has 5 heteroatoms. The van der Waals surface area contributed by atoms with E-state index in [2.05, 4.69) is 42.7 Å². The van der Waals surface area contributed by atoms with Crippen LogP contribution in [0.5, 0.6) is 0 Å². The number of fused-ring (bicyclic) bond motifs is 2. The summed E-state index contributed by atoms with van der Waals surface area (Å²) in [4.78, 5) is 22.7. The lowest BCUT2D eigenvalue weighted by molar-refractivity contribution is 0.209. The van der Waals surface area contributed by atoms with Crippen LogP contribution in [0.3, 0.4) is 0 Å². The number of aromatic nitrogens is 1. The van der Waals surface area contributed by atoms with Gasteiger partial charge in [0.2, 0.25) is 0 Å². The predicted octanol–water partition coefficient (Wildman–Crippen LogP) is 3.91. The number of piperazine rings is 1. The summed E-state index contributed by atoms with van der Waals surface area (Å²) in [7, 11) is 0. The highest BCUT2D eigenvalue weighted by molar-refractivity contribution is 7.21. The van der Waals surface area contributed by atoms with Crippen LogP contribution >= 0.6 is 11.3 Å². The number of hydrogen-bond acceptors (Lipinski definition) is 5. The van der Waals surface area contributed by atoms with Crippen LogP contribution < -0.4 is 10.3 Å². The maximum Gasteiger partial charge on any atom is 0.180 e. The van der Waals surface area contributed by atoms with E-state index in [4.69, 9.17) is 4.98 Å². The van der Waals surface area contributed by atoms with Crippen LogP contribution in [-0.2, 0) is 0 Å². The summed E-state index contributed by atoms with van der Waals surface area (Å²) in [6.45, 7) is 12.9. The minimum Gasteiger partial charge on any atom is -0.369 e. The minimum atomic E-state index is 0.0603. The van der Waals surface area contributed by atoms with Crippen molar-refractivity contribution in [2.75, 3.05) is 31.1 Å². The van der Waals surface area contributed by atoms with Gasteiger partial charge in [-0.05, 0) is 57.0 Å². The molecule has 0 saturated carbocycles. The van der Waals surface area contributed by atoms with Crippen LogP contribution in [0.15, 0.2) is 29.1 Å². The fraction of sp³-hybridized carbons (Fsp3) is 0.429. The highest BCUT2D eigenvalue weighted by Gasteiger charge is 2.20. The molecule has 1 aromatic carbocycles. The average molecular weight is 368 g/mol. The molecule has 2 aliphatic heterocycles. The van der Waals surface area contributed by atoms with Crippen molar-refractivity contribution in [3.05, 3.63) is 45.6 Å². The Morgan fingerprint density at radius 3 is 2.42 bits per heavy atom. The summed E-state index contributed by atoms with van der Waals surface area (Å²) >= 11 is 1.68. The van der Waals surface area contributed by atoms with Gasteiger partial charge in [-0.25, -0.2) is 4.98 Å². The lowest BCUT2D eigenvalue weighted by Crippen LogP contribution is -2.48. The van der Waals surface area contributed by atoms with Crippen LogP contribution in [0.2, 0.25) is 0 Å². The highest BCUT2D eigenvalue weighted by Crippen LogP contribution is 2.35. The third-order valence-electron chi connectivity index (χ3n) is 5.34. The second-order valence-corrected chi connectivity index (χ2v) is 8.61. The van der Waals surface area contributed by atoms with Gasteiger partial charge >= 0.3 is 0 Å². The first-order valence-corrected chi connectivity index (χ1v) is 10.1. The lowest BCUT2D eigenvalue weighted by Gasteiger charge is -2.38. The van der Waals surface area contributed by atoms with Gasteiger partial charge in [-0.2, -0.15) is 0 Å². The smallest absolute Gasteiger partial charge is 0.180 e. The molecule has 0 amide bonds. The number of benzene rings is 2. The molecule has 1 saturated heterocycles. The maximum atomic E-state index is 11.9. The number of rotatable bonds is 2. The molecule has 2 heterocycles. The summed E-state index contributed by atoms with van der Waals surface area (Å²) in [5.74, 6) is 0. The molecule has 136 valence electrons. The highest BCUT2D eigenvalue weighted by atomic mass is 32.1. The Morgan fingerprint density at radius 1 is 1.00 bits per heavy atom. The molecule has 0 aromatic heterocycles. The molecule has 1 aromatic rings. The van der Waals surface area contributed by atoms with Gasteiger partial charge in [0.05, 0.1) is 20.8 Å². The first kappa shape index (κ1) is 17.4. The molecule has 0 spiro atoms. The second-order valence-electron chi connectivity index (χ2n) is 7.53. The number of nitrogens with zero attached hydrogens (tertiary/aromatic N) is 3. The van der Waals surface area contributed by atoms with E-state index < -0.39 is 0 Å². The third kappa shape index (κ3) is 3.10. The van der Waals surface area contributed by atoms with Gasteiger partial charge in [-0.3, -0.25) is 9.69 Å². The molecule has 1 fully saturated rings. The molecule has 0 bridgehead atoms. The van der Waals surface area contributed by atoms with Crippen molar-refractivity contribution in [1.29, 1.82) is 0 Å². The van der Waals surface area contributed by atoms with Gasteiger partial charge in [0.25, 0.3) is 0 Å². The molecular formula is C21H25N3OS. The van der Waals surface area contributed by atoms with Crippen LogP contribution in [0, 0.1) is 13.8 Å². The van der Waals surface area contributed by atoms with Crippen molar-refractivity contribution in [1.82, 2.24) is 9.88 Å². The van der Waals surface area contributed by atoms with Crippen molar-refractivity contribution in [2.45, 2.75) is 33.7 Å². The van der Waals surface area contributed by atoms with Gasteiger partial charge in [0.15, 0.2) is 5.43 Å². The lowest BCUT2D eigenvalue weighted by atomic mass is 10.1. The molecular weight excluding hydrogens is 342 g/mol. The van der Waals surface area contributed by atoms with Gasteiger partial charge < -0.3 is 4.90 Å². The summed E-state index contributed by atoms with van der Waals surface area (Å²) in [6, 6.07) is 8.50. The topological polar surface area (TPSA) is 36.4 Å². The fourth-order valence-corrected chi connectivity index (χ4v) is 4.99. The summed E-state index contributed by atoms with van der Waals surface area (Å²) in [5.41, 5.74) is 5.49. The van der Waals surface area contributed by atoms with Crippen LogP contribution in [0.1, 0.15) is 25.0 Å². The molecule has 3 aliphatic rings. The summed E-state index contributed by atoms with van der Waals surface area (Å²) in [5, 5.41) is 0. The van der Waals surface area contributed by atoms with E-state index in [-0.39, 0.29) is 5.43 Å². The molecule has 26 heavy (non-hydrogen) atoms. The van der Waals surface area contributed by atoms with Gasteiger partial charge in [-0.1, -0.05) is 0 Å². The Labute approximate surface area is 158 Å². The van der Waals surface area contributed by atoms with Gasteiger partial charge in [-0.15, -0.1) is 11.3 Å². The molecule has 1 aliphatic carbocycles. The van der Waals surface area contributed by atoms with Crippen LogP contribution in [-0.4, -0.2) is 42.1 Å². The van der Waals surface area contributed by atoms with E-state index in [1.54, 1.807) is 23.5 Å². The van der Waals surface area contributed by atoms with Crippen LogP contribution in [0.4, 0.5) is 5.69 Å². The number of aryl methyl sites for hydroxylation is 2. The van der Waals surface area contributed by atoms with Crippen molar-refractivity contribution in [3.63, 3.8) is 0 Å². The zero-order valence-corrected chi connectivity index (χ0v) is 16.7. The Balaban J connectivity index is 1.76. The van der Waals surface area contributed by atoms with Crippen molar-refractivity contribution >= 4 is 27.2 Å². The zero-order chi connectivity index (χ0) is 18.4. The summed E-state index contributed by atoms with van der Waals surface area (Å²) in [6.07, 6.45) is 0. The van der Waals surface area contributed by atoms with Gasteiger partial charge in [0.1, 0.15) is 0 Å². The second kappa shape index (κ2) is 6.63. The van der Waals surface area contributed by atoms with Gasteiger partial charge in [0, 0.05) is 44.0 Å². The first-order valence-electron chi connectivity index (χ1n) is 9.27. The first-order chi connectivity index (χ1) is 12.4. The Morgan fingerprint density at radius 2 is 1.73 bits per heavy atom. The van der Waals surface area contributed by atoms with Crippen molar-refractivity contribution in [2.24, 2.45) is 0 Å². The molecule has 0 radical (unpaired) electrons. The average Bonchev–Trinajstić information content (AvgIpc) is 2.60. The zero-order valence-electron chi connectivity index (χ0n) is 15.9. The minimum absolute atomic E-state index is 0.0603. The van der Waals surface area contributed by atoms with E-state index in [0.29, 0.717) is 6.04 Å².